The highest BCUT2D eigenvalue weighted by Crippen LogP contribution is 2.58. The molecule has 1 saturated carbocycles. The lowest BCUT2D eigenvalue weighted by molar-refractivity contribution is 0.163. The van der Waals surface area contributed by atoms with Gasteiger partial charge in [-0.05, 0) is 36.0 Å². The molecule has 0 aromatic rings. The van der Waals surface area contributed by atoms with Gasteiger partial charge in [0.2, 0.25) is 0 Å². The molecule has 78 valence electrons. The highest BCUT2D eigenvalue weighted by molar-refractivity contribution is 4.98. The van der Waals surface area contributed by atoms with Crippen LogP contribution in [0.2, 0.25) is 0 Å². The largest absolute Gasteiger partial charge is 0.0651 e. The van der Waals surface area contributed by atoms with E-state index >= 15 is 0 Å². The average molecular weight is 182 g/mol. The zero-order valence-electron chi connectivity index (χ0n) is 10.1. The second-order valence-corrected chi connectivity index (χ2v) is 5.33. The van der Waals surface area contributed by atoms with E-state index in [2.05, 4.69) is 34.6 Å². The van der Waals surface area contributed by atoms with Crippen LogP contribution in [0.4, 0.5) is 0 Å². The molecule has 0 saturated heterocycles. The van der Waals surface area contributed by atoms with Crippen molar-refractivity contribution >= 4 is 0 Å². The molecule has 0 aromatic carbocycles. The van der Waals surface area contributed by atoms with Crippen molar-refractivity contribution in [2.24, 2.45) is 23.2 Å². The summed E-state index contributed by atoms with van der Waals surface area (Å²) in [4.78, 5) is 0. The van der Waals surface area contributed by atoms with Crippen LogP contribution in [0.25, 0.3) is 0 Å². The maximum Gasteiger partial charge on any atom is -0.0269 e. The van der Waals surface area contributed by atoms with Gasteiger partial charge in [-0.2, -0.15) is 0 Å². The van der Waals surface area contributed by atoms with Crippen LogP contribution < -0.4 is 0 Å². The Morgan fingerprint density at radius 2 is 1.62 bits per heavy atom. The third-order valence-corrected chi connectivity index (χ3v) is 4.51. The molecule has 2 unspecified atom stereocenters. The Morgan fingerprint density at radius 1 is 1.08 bits per heavy atom. The third kappa shape index (κ3) is 2.08. The Balaban J connectivity index is 2.62. The summed E-state index contributed by atoms with van der Waals surface area (Å²) in [5.74, 6) is 2.75. The van der Waals surface area contributed by atoms with Gasteiger partial charge in [-0.25, -0.2) is 0 Å². The van der Waals surface area contributed by atoms with Gasteiger partial charge >= 0.3 is 0 Å². The van der Waals surface area contributed by atoms with E-state index in [9.17, 15) is 0 Å². The zero-order valence-corrected chi connectivity index (χ0v) is 10.1. The van der Waals surface area contributed by atoms with Crippen molar-refractivity contribution in [3.63, 3.8) is 0 Å². The lowest BCUT2D eigenvalue weighted by atomic mass is 9.72. The molecule has 1 aliphatic carbocycles. The molecule has 0 aromatic heterocycles. The van der Waals surface area contributed by atoms with Crippen LogP contribution in [0.15, 0.2) is 0 Å². The summed E-state index contributed by atoms with van der Waals surface area (Å²) in [6, 6.07) is 0. The van der Waals surface area contributed by atoms with Gasteiger partial charge in [-0.1, -0.05) is 47.5 Å². The molecule has 0 aliphatic heterocycles. The summed E-state index contributed by atoms with van der Waals surface area (Å²) in [6.07, 6.45) is 5.79. The van der Waals surface area contributed by atoms with Gasteiger partial charge in [0.15, 0.2) is 0 Å². The number of hydrogen-bond donors (Lipinski definition) is 0. The molecular weight excluding hydrogens is 156 g/mol. The molecule has 1 rings (SSSR count). The third-order valence-electron chi connectivity index (χ3n) is 4.51. The van der Waals surface area contributed by atoms with Crippen molar-refractivity contribution in [2.45, 2.75) is 60.3 Å². The summed E-state index contributed by atoms with van der Waals surface area (Å²) in [6.45, 7) is 12.0. The summed E-state index contributed by atoms with van der Waals surface area (Å²) in [7, 11) is 0. The van der Waals surface area contributed by atoms with Gasteiger partial charge in [0.25, 0.3) is 0 Å². The predicted octanol–water partition coefficient (Wildman–Crippen LogP) is 4.49. The van der Waals surface area contributed by atoms with Gasteiger partial charge < -0.3 is 0 Å². The summed E-state index contributed by atoms with van der Waals surface area (Å²) >= 11 is 0. The highest BCUT2D eigenvalue weighted by Gasteiger charge is 2.48. The van der Waals surface area contributed by atoms with Crippen LogP contribution >= 0.6 is 0 Å². The predicted molar refractivity (Wildman–Crippen MR) is 59.7 cm³/mol. The molecule has 0 spiro atoms. The minimum atomic E-state index is 0.762. The topological polar surface area (TPSA) is 0 Å². The van der Waals surface area contributed by atoms with Crippen LogP contribution in [-0.4, -0.2) is 0 Å². The van der Waals surface area contributed by atoms with Crippen molar-refractivity contribution in [1.82, 2.24) is 0 Å². The monoisotopic (exact) mass is 182 g/mol. The fourth-order valence-corrected chi connectivity index (χ4v) is 2.97. The summed E-state index contributed by atoms with van der Waals surface area (Å²) in [5, 5.41) is 0. The zero-order chi connectivity index (χ0) is 10.1. The van der Waals surface area contributed by atoms with Crippen molar-refractivity contribution in [2.75, 3.05) is 0 Å². The van der Waals surface area contributed by atoms with E-state index in [1.807, 2.05) is 0 Å². The highest BCUT2D eigenvalue weighted by atomic mass is 14.5. The summed E-state index contributed by atoms with van der Waals surface area (Å²) in [5.41, 5.74) is 0.762. The van der Waals surface area contributed by atoms with E-state index in [1.54, 1.807) is 0 Å². The fourth-order valence-electron chi connectivity index (χ4n) is 2.97. The first-order valence-electron chi connectivity index (χ1n) is 6.07. The Kier molecular flexibility index (Phi) is 3.43. The van der Waals surface area contributed by atoms with Crippen molar-refractivity contribution in [1.29, 1.82) is 0 Å². The van der Waals surface area contributed by atoms with E-state index in [-0.39, 0.29) is 0 Å². The van der Waals surface area contributed by atoms with Crippen LogP contribution in [0, 0.1) is 23.2 Å². The molecule has 0 radical (unpaired) electrons. The Bertz CT molecular complexity index is 153. The molecular formula is C13H26. The quantitative estimate of drug-likeness (QED) is 0.587. The van der Waals surface area contributed by atoms with Crippen LogP contribution in [0.5, 0.6) is 0 Å². The van der Waals surface area contributed by atoms with Gasteiger partial charge in [0, 0.05) is 0 Å². The van der Waals surface area contributed by atoms with Gasteiger partial charge in [0.1, 0.15) is 0 Å². The Morgan fingerprint density at radius 3 is 1.85 bits per heavy atom. The van der Waals surface area contributed by atoms with E-state index < -0.39 is 0 Å². The molecule has 0 N–H and O–H groups in total. The minimum Gasteiger partial charge on any atom is -0.0651 e. The van der Waals surface area contributed by atoms with Crippen molar-refractivity contribution < 1.29 is 0 Å². The lowest BCUT2D eigenvalue weighted by Crippen LogP contribution is -2.25. The molecule has 1 fully saturated rings. The normalized spacial score (nSPS) is 24.5. The molecule has 0 heterocycles. The second kappa shape index (κ2) is 4.02. The molecule has 1 aliphatic rings. The van der Waals surface area contributed by atoms with Gasteiger partial charge in [-0.3, -0.25) is 0 Å². The molecule has 0 heteroatoms. The molecule has 13 heavy (non-hydrogen) atoms. The van der Waals surface area contributed by atoms with Crippen LogP contribution in [-0.2, 0) is 0 Å². The molecule has 0 nitrogen and oxygen atoms in total. The van der Waals surface area contributed by atoms with Gasteiger partial charge in [-0.15, -0.1) is 0 Å². The second-order valence-electron chi connectivity index (χ2n) is 5.33. The lowest BCUT2D eigenvalue weighted by Gasteiger charge is -2.33. The fraction of sp³-hybridized carbons (Fsp3) is 1.00. The molecule has 2 atom stereocenters. The Labute approximate surface area is 84.1 Å². The smallest absolute Gasteiger partial charge is 0.0269 e. The first-order valence-corrected chi connectivity index (χ1v) is 6.07. The van der Waals surface area contributed by atoms with E-state index in [0.29, 0.717) is 0 Å². The van der Waals surface area contributed by atoms with Crippen molar-refractivity contribution in [3.05, 3.63) is 0 Å². The first kappa shape index (κ1) is 11.1. The number of hydrogen-bond acceptors (Lipinski definition) is 0. The molecule has 0 bridgehead atoms. The number of rotatable bonds is 5. The van der Waals surface area contributed by atoms with Crippen LogP contribution in [0.1, 0.15) is 60.3 Å². The molecule has 0 amide bonds. The SMILES string of the molecule is CCC(C(C)C(C)C)C1(CC)CC1. The maximum atomic E-state index is 2.45. The Hall–Kier alpha value is 0. The standard InChI is InChI=1S/C13H26/c1-6-12(11(5)10(3)4)13(7-2)8-9-13/h10-12H,6-9H2,1-5H3. The first-order chi connectivity index (χ1) is 6.07. The minimum absolute atomic E-state index is 0.762. The maximum absolute atomic E-state index is 2.45. The van der Waals surface area contributed by atoms with E-state index in [4.69, 9.17) is 0 Å². The average Bonchev–Trinajstić information content (AvgIpc) is 2.86. The summed E-state index contributed by atoms with van der Waals surface area (Å²) < 4.78 is 0. The van der Waals surface area contributed by atoms with E-state index in [1.165, 1.54) is 25.7 Å². The van der Waals surface area contributed by atoms with Gasteiger partial charge in [0.05, 0.1) is 0 Å². The van der Waals surface area contributed by atoms with Crippen LogP contribution in [0.3, 0.4) is 0 Å². The van der Waals surface area contributed by atoms with Crippen molar-refractivity contribution in [3.8, 4) is 0 Å². The van der Waals surface area contributed by atoms with E-state index in [0.717, 1.165) is 23.2 Å².